The van der Waals surface area contributed by atoms with E-state index in [1.807, 2.05) is 42.5 Å². The van der Waals surface area contributed by atoms with Gasteiger partial charge in [-0.1, -0.05) is 6.07 Å². The molecule has 2 aromatic carbocycles. The van der Waals surface area contributed by atoms with Crippen LogP contribution >= 0.6 is 11.8 Å². The van der Waals surface area contributed by atoms with Crippen molar-refractivity contribution in [2.75, 3.05) is 19.1 Å². The zero-order valence-electron chi connectivity index (χ0n) is 11.1. The molecule has 0 atom stereocenters. The Morgan fingerprint density at radius 1 is 1.11 bits per heavy atom. The summed E-state index contributed by atoms with van der Waals surface area (Å²) in [5, 5.41) is 0. The molecular weight excluding hydrogens is 258 g/mol. The molecule has 0 fully saturated rings. The molecule has 2 N–H and O–H groups in total. The Balaban J connectivity index is 1.99. The van der Waals surface area contributed by atoms with Crippen molar-refractivity contribution in [2.24, 2.45) is 0 Å². The summed E-state index contributed by atoms with van der Waals surface area (Å²) in [7, 11) is 1.61. The van der Waals surface area contributed by atoms with Crippen LogP contribution in [0.1, 0.15) is 5.56 Å². The average Bonchev–Trinajstić information content (AvgIpc) is 2.46. The molecule has 0 saturated heterocycles. The zero-order chi connectivity index (χ0) is 13.7. The van der Waals surface area contributed by atoms with Crippen LogP contribution in [0.5, 0.6) is 11.5 Å². The number of hydrogen-bond acceptors (Lipinski definition) is 4. The van der Waals surface area contributed by atoms with Gasteiger partial charge >= 0.3 is 0 Å². The standard InChI is InChI=1S/C15H17NO2S/c1-17-15-8-3-11(9-14(15)16)10-18-12-4-6-13(19-2)7-5-12/h3-9H,10,16H2,1-2H3. The largest absolute Gasteiger partial charge is 0.495 e. The maximum Gasteiger partial charge on any atom is 0.141 e. The molecule has 3 nitrogen and oxygen atoms in total. The Morgan fingerprint density at radius 3 is 2.42 bits per heavy atom. The summed E-state index contributed by atoms with van der Waals surface area (Å²) in [5.74, 6) is 1.54. The Hall–Kier alpha value is -1.81. The first-order valence-electron chi connectivity index (χ1n) is 5.92. The van der Waals surface area contributed by atoms with Gasteiger partial charge in [0.2, 0.25) is 0 Å². The van der Waals surface area contributed by atoms with Gasteiger partial charge in [0.15, 0.2) is 0 Å². The molecule has 0 aliphatic rings. The molecule has 0 unspecified atom stereocenters. The third-order valence-corrected chi connectivity index (χ3v) is 3.50. The Bertz CT molecular complexity index is 540. The number of benzene rings is 2. The maximum absolute atomic E-state index is 5.86. The lowest BCUT2D eigenvalue weighted by Gasteiger charge is -2.09. The van der Waals surface area contributed by atoms with E-state index in [-0.39, 0.29) is 0 Å². The van der Waals surface area contributed by atoms with Crippen LogP contribution in [0.25, 0.3) is 0 Å². The van der Waals surface area contributed by atoms with Crippen molar-refractivity contribution in [2.45, 2.75) is 11.5 Å². The van der Waals surface area contributed by atoms with Crippen LogP contribution < -0.4 is 15.2 Å². The molecule has 4 heteroatoms. The molecule has 0 aliphatic heterocycles. The number of methoxy groups -OCH3 is 1. The van der Waals surface area contributed by atoms with Crippen LogP contribution in [0.2, 0.25) is 0 Å². The van der Waals surface area contributed by atoms with Crippen molar-refractivity contribution in [1.82, 2.24) is 0 Å². The smallest absolute Gasteiger partial charge is 0.141 e. The fraction of sp³-hybridized carbons (Fsp3) is 0.200. The number of rotatable bonds is 5. The number of anilines is 1. The molecule has 0 saturated carbocycles. The SMILES string of the molecule is COc1ccc(COc2ccc(SC)cc2)cc1N. The molecule has 100 valence electrons. The van der Waals surface area contributed by atoms with E-state index in [2.05, 4.69) is 6.26 Å². The van der Waals surface area contributed by atoms with Crippen LogP contribution in [-0.4, -0.2) is 13.4 Å². The fourth-order valence-electron chi connectivity index (χ4n) is 1.71. The number of ether oxygens (including phenoxy) is 2. The summed E-state index contributed by atoms with van der Waals surface area (Å²) in [6.45, 7) is 0.493. The predicted molar refractivity (Wildman–Crippen MR) is 80.0 cm³/mol. The van der Waals surface area contributed by atoms with Gasteiger partial charge in [0.05, 0.1) is 12.8 Å². The van der Waals surface area contributed by atoms with Gasteiger partial charge in [-0.2, -0.15) is 0 Å². The minimum Gasteiger partial charge on any atom is -0.495 e. The Kier molecular flexibility index (Phi) is 4.58. The van der Waals surface area contributed by atoms with Crippen molar-refractivity contribution in [3.8, 4) is 11.5 Å². The van der Waals surface area contributed by atoms with Crippen molar-refractivity contribution in [1.29, 1.82) is 0 Å². The summed E-state index contributed by atoms with van der Waals surface area (Å²) in [6, 6.07) is 13.7. The van der Waals surface area contributed by atoms with Crippen LogP contribution in [0.15, 0.2) is 47.4 Å². The first kappa shape index (κ1) is 13.6. The molecule has 0 aliphatic carbocycles. The van der Waals surface area contributed by atoms with E-state index in [0.29, 0.717) is 18.0 Å². The number of hydrogen-bond donors (Lipinski definition) is 1. The van der Waals surface area contributed by atoms with Gasteiger partial charge < -0.3 is 15.2 Å². The highest BCUT2D eigenvalue weighted by atomic mass is 32.2. The quantitative estimate of drug-likeness (QED) is 0.669. The van der Waals surface area contributed by atoms with Gasteiger partial charge in [-0.3, -0.25) is 0 Å². The van der Waals surface area contributed by atoms with E-state index in [1.54, 1.807) is 18.9 Å². The Labute approximate surface area is 117 Å². The lowest BCUT2D eigenvalue weighted by molar-refractivity contribution is 0.306. The van der Waals surface area contributed by atoms with E-state index in [0.717, 1.165) is 11.3 Å². The third-order valence-electron chi connectivity index (χ3n) is 2.76. The summed E-state index contributed by atoms with van der Waals surface area (Å²) in [6.07, 6.45) is 2.05. The summed E-state index contributed by atoms with van der Waals surface area (Å²) >= 11 is 1.71. The summed E-state index contributed by atoms with van der Waals surface area (Å²) in [5.41, 5.74) is 7.50. The predicted octanol–water partition coefficient (Wildman–Crippen LogP) is 3.58. The maximum atomic E-state index is 5.86. The lowest BCUT2D eigenvalue weighted by Crippen LogP contribution is -1.98. The summed E-state index contributed by atoms with van der Waals surface area (Å²) in [4.78, 5) is 1.22. The molecule has 0 radical (unpaired) electrons. The third kappa shape index (κ3) is 3.58. The molecule has 2 aromatic rings. The van der Waals surface area contributed by atoms with E-state index in [4.69, 9.17) is 15.2 Å². The number of nitrogens with two attached hydrogens (primary N) is 1. The van der Waals surface area contributed by atoms with Gasteiger partial charge in [0, 0.05) is 4.90 Å². The second kappa shape index (κ2) is 6.38. The minimum atomic E-state index is 0.493. The molecule has 0 heterocycles. The van der Waals surface area contributed by atoms with Crippen molar-refractivity contribution in [3.63, 3.8) is 0 Å². The van der Waals surface area contributed by atoms with E-state index >= 15 is 0 Å². The van der Waals surface area contributed by atoms with E-state index in [9.17, 15) is 0 Å². The second-order valence-electron chi connectivity index (χ2n) is 4.04. The highest BCUT2D eigenvalue weighted by molar-refractivity contribution is 7.98. The molecule has 2 rings (SSSR count). The minimum absolute atomic E-state index is 0.493. The molecule has 0 bridgehead atoms. The van der Waals surface area contributed by atoms with Crippen LogP contribution in [0.4, 0.5) is 5.69 Å². The zero-order valence-corrected chi connectivity index (χ0v) is 11.9. The molecule has 0 amide bonds. The van der Waals surface area contributed by atoms with Crippen LogP contribution in [0, 0.1) is 0 Å². The van der Waals surface area contributed by atoms with Gasteiger partial charge in [0.25, 0.3) is 0 Å². The molecule has 19 heavy (non-hydrogen) atoms. The average molecular weight is 275 g/mol. The molecular formula is C15H17NO2S. The van der Waals surface area contributed by atoms with Crippen LogP contribution in [0.3, 0.4) is 0 Å². The van der Waals surface area contributed by atoms with E-state index < -0.39 is 0 Å². The van der Waals surface area contributed by atoms with Gasteiger partial charge in [-0.25, -0.2) is 0 Å². The first-order valence-corrected chi connectivity index (χ1v) is 7.14. The normalized spacial score (nSPS) is 10.2. The van der Waals surface area contributed by atoms with Crippen molar-refractivity contribution < 1.29 is 9.47 Å². The lowest BCUT2D eigenvalue weighted by atomic mass is 10.2. The number of nitrogen functional groups attached to an aromatic ring is 1. The molecule has 0 aromatic heterocycles. The monoisotopic (exact) mass is 275 g/mol. The van der Waals surface area contributed by atoms with Crippen molar-refractivity contribution in [3.05, 3.63) is 48.0 Å². The topological polar surface area (TPSA) is 44.5 Å². The fourth-order valence-corrected chi connectivity index (χ4v) is 2.12. The van der Waals surface area contributed by atoms with Gasteiger partial charge in [0.1, 0.15) is 18.1 Å². The van der Waals surface area contributed by atoms with Crippen LogP contribution in [-0.2, 0) is 6.61 Å². The first-order chi connectivity index (χ1) is 9.22. The highest BCUT2D eigenvalue weighted by Gasteiger charge is 2.02. The van der Waals surface area contributed by atoms with Gasteiger partial charge in [-0.15, -0.1) is 11.8 Å². The Morgan fingerprint density at radius 2 is 1.84 bits per heavy atom. The van der Waals surface area contributed by atoms with E-state index in [1.165, 1.54) is 4.90 Å². The highest BCUT2D eigenvalue weighted by Crippen LogP contribution is 2.23. The number of thioether (sulfide) groups is 1. The van der Waals surface area contributed by atoms with Crippen molar-refractivity contribution >= 4 is 17.4 Å². The van der Waals surface area contributed by atoms with Gasteiger partial charge in [-0.05, 0) is 48.2 Å². The second-order valence-corrected chi connectivity index (χ2v) is 4.92. The molecule has 0 spiro atoms. The summed E-state index contributed by atoms with van der Waals surface area (Å²) < 4.78 is 10.8.